The van der Waals surface area contributed by atoms with Crippen LogP contribution in [0.2, 0.25) is 0 Å². The van der Waals surface area contributed by atoms with Gasteiger partial charge in [-0.25, -0.2) is 15.0 Å². The summed E-state index contributed by atoms with van der Waals surface area (Å²) >= 11 is 0. The molecule has 0 saturated carbocycles. The molecule has 0 N–H and O–H groups in total. The lowest BCUT2D eigenvalue weighted by atomic mass is 10.0. The minimum atomic E-state index is 0.595. The fraction of sp³-hybridized carbons (Fsp3) is 0. The first-order chi connectivity index (χ1) is 31.2. The summed E-state index contributed by atoms with van der Waals surface area (Å²) < 4.78 is 11.4. The summed E-state index contributed by atoms with van der Waals surface area (Å²) in [5, 5.41) is 6.98. The van der Waals surface area contributed by atoms with E-state index < -0.39 is 0 Å². The Labute approximate surface area is 361 Å². The second-order valence-electron chi connectivity index (χ2n) is 16.0. The predicted octanol–water partition coefficient (Wildman–Crippen LogP) is 14.6. The zero-order valence-corrected chi connectivity index (χ0v) is 33.9. The van der Waals surface area contributed by atoms with E-state index in [0.717, 1.165) is 66.6 Å². The van der Waals surface area contributed by atoms with Crippen molar-refractivity contribution < 1.29 is 4.42 Å². The Morgan fingerprint density at radius 1 is 0.270 bits per heavy atom. The van der Waals surface area contributed by atoms with Gasteiger partial charge in [0.15, 0.2) is 17.5 Å². The second kappa shape index (κ2) is 14.0. The average Bonchev–Trinajstić information content (AvgIpc) is 4.01. The van der Waals surface area contributed by atoms with E-state index in [-0.39, 0.29) is 0 Å². The lowest BCUT2D eigenvalue weighted by Gasteiger charge is -2.10. The van der Waals surface area contributed by atoms with Crippen LogP contribution >= 0.6 is 0 Å². The average molecular weight is 806 g/mol. The highest BCUT2D eigenvalue weighted by Crippen LogP contribution is 2.40. The molecule has 13 rings (SSSR count). The van der Waals surface area contributed by atoms with Gasteiger partial charge in [0.25, 0.3) is 0 Å². The minimum Gasteiger partial charge on any atom is -0.456 e. The minimum absolute atomic E-state index is 0.595. The Balaban J connectivity index is 0.902. The van der Waals surface area contributed by atoms with Crippen LogP contribution in [0, 0.1) is 0 Å². The van der Waals surface area contributed by atoms with E-state index in [1.165, 1.54) is 38.1 Å². The number of hydrogen-bond donors (Lipinski definition) is 0. The van der Waals surface area contributed by atoms with Crippen LogP contribution in [0.25, 0.3) is 122 Å². The standard InChI is InChI=1S/C57H35N5O/c1-4-14-36(15-5-1)55-58-56(37-16-6-2-7-17-37)60-57(59-55)40-25-29-46-45-28-24-39(33-53(45)63-54(46)34-40)38-26-30-51-47(32-38)43-20-10-13-23-50(43)62(51)42-27-31-52-48(35-42)44-21-11-12-22-49(44)61(52)41-18-8-3-9-19-41/h1-35H. The van der Waals surface area contributed by atoms with Crippen molar-refractivity contribution in [2.45, 2.75) is 0 Å². The van der Waals surface area contributed by atoms with Crippen LogP contribution in [0.5, 0.6) is 0 Å². The van der Waals surface area contributed by atoms with E-state index in [4.69, 9.17) is 19.4 Å². The van der Waals surface area contributed by atoms with Crippen molar-refractivity contribution >= 4 is 65.6 Å². The van der Waals surface area contributed by atoms with Gasteiger partial charge >= 0.3 is 0 Å². The van der Waals surface area contributed by atoms with Crippen LogP contribution in [0.15, 0.2) is 217 Å². The van der Waals surface area contributed by atoms with Crippen molar-refractivity contribution in [2.24, 2.45) is 0 Å². The smallest absolute Gasteiger partial charge is 0.164 e. The molecule has 9 aromatic carbocycles. The summed E-state index contributed by atoms with van der Waals surface area (Å²) in [4.78, 5) is 14.8. The van der Waals surface area contributed by atoms with Gasteiger partial charge in [-0.15, -0.1) is 0 Å². The summed E-state index contributed by atoms with van der Waals surface area (Å²) in [6.07, 6.45) is 0. The Kier molecular flexibility index (Phi) is 7.80. The molecule has 0 unspecified atom stereocenters. The summed E-state index contributed by atoms with van der Waals surface area (Å²) in [5.74, 6) is 1.85. The van der Waals surface area contributed by atoms with Crippen LogP contribution in [-0.2, 0) is 0 Å². The second-order valence-corrected chi connectivity index (χ2v) is 16.0. The molecule has 0 bridgehead atoms. The summed E-state index contributed by atoms with van der Waals surface area (Å²) in [7, 11) is 0. The molecule has 0 radical (unpaired) electrons. The molecule has 6 heteroatoms. The molecule has 294 valence electrons. The normalized spacial score (nSPS) is 11.8. The van der Waals surface area contributed by atoms with Gasteiger partial charge in [0.1, 0.15) is 11.2 Å². The summed E-state index contributed by atoms with van der Waals surface area (Å²) in [6, 6.07) is 74.6. The summed E-state index contributed by atoms with van der Waals surface area (Å²) in [6.45, 7) is 0. The van der Waals surface area contributed by atoms with E-state index in [2.05, 4.69) is 155 Å². The molecule has 13 aromatic rings. The van der Waals surface area contributed by atoms with Crippen molar-refractivity contribution in [3.8, 4) is 56.7 Å². The van der Waals surface area contributed by atoms with Gasteiger partial charge in [0, 0.05) is 60.4 Å². The Morgan fingerprint density at radius 3 is 1.32 bits per heavy atom. The van der Waals surface area contributed by atoms with Crippen molar-refractivity contribution in [3.05, 3.63) is 212 Å². The van der Waals surface area contributed by atoms with Crippen LogP contribution < -0.4 is 0 Å². The van der Waals surface area contributed by atoms with E-state index in [0.29, 0.717) is 17.5 Å². The van der Waals surface area contributed by atoms with Crippen molar-refractivity contribution in [1.29, 1.82) is 0 Å². The Hall–Kier alpha value is -8.61. The largest absolute Gasteiger partial charge is 0.456 e. The maximum Gasteiger partial charge on any atom is 0.164 e. The van der Waals surface area contributed by atoms with Gasteiger partial charge < -0.3 is 13.6 Å². The third-order valence-electron chi connectivity index (χ3n) is 12.4. The first-order valence-corrected chi connectivity index (χ1v) is 21.2. The molecule has 0 aliphatic carbocycles. The molecule has 0 amide bonds. The van der Waals surface area contributed by atoms with Gasteiger partial charge in [0.2, 0.25) is 0 Å². The van der Waals surface area contributed by atoms with Crippen molar-refractivity contribution in [3.63, 3.8) is 0 Å². The number of nitrogens with zero attached hydrogens (tertiary/aromatic N) is 5. The third kappa shape index (κ3) is 5.69. The van der Waals surface area contributed by atoms with E-state index in [1.807, 2.05) is 66.7 Å². The number of hydrogen-bond acceptors (Lipinski definition) is 4. The molecule has 63 heavy (non-hydrogen) atoms. The topological polar surface area (TPSA) is 61.7 Å². The molecule has 0 aliphatic heterocycles. The van der Waals surface area contributed by atoms with Crippen LogP contribution in [-0.4, -0.2) is 24.1 Å². The molecule has 0 atom stereocenters. The number of benzene rings is 9. The lowest BCUT2D eigenvalue weighted by molar-refractivity contribution is 0.669. The number of fused-ring (bicyclic) bond motifs is 9. The fourth-order valence-electron chi connectivity index (χ4n) is 9.42. The van der Waals surface area contributed by atoms with Gasteiger partial charge in [0.05, 0.1) is 22.1 Å². The Morgan fingerprint density at radius 2 is 0.698 bits per heavy atom. The number of aromatic nitrogens is 5. The number of furan rings is 1. The van der Waals surface area contributed by atoms with Gasteiger partial charge in [-0.2, -0.15) is 0 Å². The first-order valence-electron chi connectivity index (χ1n) is 21.2. The van der Waals surface area contributed by atoms with Gasteiger partial charge in [-0.05, 0) is 90.0 Å². The van der Waals surface area contributed by atoms with Crippen LogP contribution in [0.3, 0.4) is 0 Å². The predicted molar refractivity (Wildman–Crippen MR) is 258 cm³/mol. The van der Waals surface area contributed by atoms with Crippen molar-refractivity contribution in [2.75, 3.05) is 0 Å². The number of para-hydroxylation sites is 3. The van der Waals surface area contributed by atoms with Crippen LogP contribution in [0.1, 0.15) is 0 Å². The van der Waals surface area contributed by atoms with E-state index >= 15 is 0 Å². The maximum absolute atomic E-state index is 6.64. The highest BCUT2D eigenvalue weighted by Gasteiger charge is 2.19. The number of rotatable bonds is 6. The zero-order valence-electron chi connectivity index (χ0n) is 33.9. The highest BCUT2D eigenvalue weighted by atomic mass is 16.3. The van der Waals surface area contributed by atoms with Crippen LogP contribution in [0.4, 0.5) is 0 Å². The van der Waals surface area contributed by atoms with E-state index in [1.54, 1.807) is 0 Å². The fourth-order valence-corrected chi connectivity index (χ4v) is 9.42. The van der Waals surface area contributed by atoms with Crippen molar-refractivity contribution in [1.82, 2.24) is 24.1 Å². The molecule has 4 heterocycles. The molecule has 6 nitrogen and oxygen atoms in total. The molecular weight excluding hydrogens is 771 g/mol. The lowest BCUT2D eigenvalue weighted by Crippen LogP contribution is -2.00. The monoisotopic (exact) mass is 805 g/mol. The quantitative estimate of drug-likeness (QED) is 0.168. The van der Waals surface area contributed by atoms with Gasteiger partial charge in [-0.1, -0.05) is 133 Å². The zero-order chi connectivity index (χ0) is 41.4. The maximum atomic E-state index is 6.64. The van der Waals surface area contributed by atoms with E-state index in [9.17, 15) is 0 Å². The molecule has 0 aliphatic rings. The molecule has 0 spiro atoms. The first kappa shape index (κ1) is 35.2. The molecule has 0 saturated heterocycles. The summed E-state index contributed by atoms with van der Waals surface area (Å²) in [5.41, 5.74) is 13.6. The van der Waals surface area contributed by atoms with Gasteiger partial charge in [-0.3, -0.25) is 0 Å². The molecular formula is C57H35N5O. The molecule has 0 fully saturated rings. The molecule has 4 aromatic heterocycles. The highest BCUT2D eigenvalue weighted by molar-refractivity contribution is 6.13. The Bertz CT molecular complexity index is 3850. The third-order valence-corrected chi connectivity index (χ3v) is 12.4. The SMILES string of the molecule is c1ccc(-c2nc(-c3ccccc3)nc(-c3ccc4c(c3)oc3cc(-c5ccc6c(c5)c5ccccc5n6-c5ccc6c(c5)c5ccccc5n6-c5ccccc5)ccc34)n2)cc1.